The fraction of sp³-hybridized carbons (Fsp3) is 0.500. The highest BCUT2D eigenvalue weighted by Gasteiger charge is 2.61. The second-order valence-corrected chi connectivity index (χ2v) is 16.0. The lowest BCUT2D eigenvalue weighted by Gasteiger charge is -2.30. The molecule has 3 aliphatic rings. The van der Waals surface area contributed by atoms with Gasteiger partial charge in [-0.15, -0.1) is 0 Å². The molecule has 0 unspecified atom stereocenters. The predicted molar refractivity (Wildman–Crippen MR) is 191 cm³/mol. The third-order valence-corrected chi connectivity index (χ3v) is 11.5. The van der Waals surface area contributed by atoms with Gasteiger partial charge in [0.1, 0.15) is 29.5 Å². The maximum absolute atomic E-state index is 14.5. The number of aryl methyl sites for hydroxylation is 1. The first-order valence-corrected chi connectivity index (χ1v) is 19.3. The summed E-state index contributed by atoms with van der Waals surface area (Å²) in [4.78, 5) is 48.3. The Morgan fingerprint density at radius 1 is 1.13 bits per heavy atom. The molecule has 0 spiro atoms. The summed E-state index contributed by atoms with van der Waals surface area (Å²) in [7, 11) is -1.72. The molecule has 3 heterocycles. The van der Waals surface area contributed by atoms with Crippen LogP contribution in [0.25, 0.3) is 11.0 Å². The predicted octanol–water partition coefficient (Wildman–Crippen LogP) is 4.36. The first-order valence-electron chi connectivity index (χ1n) is 17.8. The quantitative estimate of drug-likeness (QED) is 0.225. The van der Waals surface area contributed by atoms with Crippen LogP contribution in [-0.2, 0) is 37.3 Å². The van der Waals surface area contributed by atoms with E-state index in [1.54, 1.807) is 6.08 Å². The highest BCUT2D eigenvalue weighted by molar-refractivity contribution is 7.87. The molecule has 0 bridgehead atoms. The average molecular weight is 778 g/mol. The van der Waals surface area contributed by atoms with Crippen molar-refractivity contribution >= 4 is 44.7 Å². The van der Waals surface area contributed by atoms with E-state index in [-0.39, 0.29) is 37.5 Å². The number of fused-ring (bicyclic) bond motifs is 3. The average Bonchev–Trinajstić information content (AvgIpc) is 3.44. The summed E-state index contributed by atoms with van der Waals surface area (Å²) < 4.78 is 91.7. The van der Waals surface area contributed by atoms with Gasteiger partial charge in [-0.2, -0.15) is 30.9 Å². The van der Waals surface area contributed by atoms with E-state index in [2.05, 4.69) is 15.6 Å². The molecule has 3 amide bonds. The minimum absolute atomic E-state index is 0.0520. The van der Waals surface area contributed by atoms with E-state index in [1.165, 1.54) is 19.0 Å². The number of aromatic nitrogens is 2. The van der Waals surface area contributed by atoms with Gasteiger partial charge in [-0.1, -0.05) is 37.1 Å². The van der Waals surface area contributed by atoms with E-state index in [9.17, 15) is 40.4 Å². The van der Waals surface area contributed by atoms with Crippen LogP contribution in [0.1, 0.15) is 57.4 Å². The third kappa shape index (κ3) is 8.18. The van der Waals surface area contributed by atoms with Crippen molar-refractivity contribution in [1.82, 2.24) is 28.8 Å². The lowest BCUT2D eigenvalue weighted by molar-refractivity contribution is -0.140. The van der Waals surface area contributed by atoms with Crippen molar-refractivity contribution < 1.29 is 45.1 Å². The Balaban J connectivity index is 1.35. The fourth-order valence-corrected chi connectivity index (χ4v) is 7.70. The van der Waals surface area contributed by atoms with Gasteiger partial charge in [0.25, 0.3) is 11.9 Å². The van der Waals surface area contributed by atoms with Crippen molar-refractivity contribution in [2.75, 3.05) is 26.0 Å². The normalized spacial score (nSPS) is 26.0. The molecule has 13 nitrogen and oxygen atoms in total. The minimum Gasteiger partial charge on any atom is -0.459 e. The van der Waals surface area contributed by atoms with Gasteiger partial charge >= 0.3 is 16.4 Å². The monoisotopic (exact) mass is 777 g/mol. The number of hydrogen-bond acceptors (Lipinski definition) is 8. The number of hydrogen-bond donors (Lipinski definition) is 3. The van der Waals surface area contributed by atoms with Gasteiger partial charge < -0.3 is 20.3 Å². The SMILES string of the molecule is CCn1c(O[C@@H]2C[C@H]3C(=O)N[C@]4(C(=O)NS(=O)(=O)N(C)C)C[C@H]4/C=C\CCCCC[C@H](Nc4cc(F)cc(C(F)(F)F)c4)C(=O)N3C2)nc2ccccc21. The molecule has 3 N–H and O–H groups in total. The van der Waals surface area contributed by atoms with E-state index in [1.807, 2.05) is 46.6 Å². The molecular formula is C36H43F4N7O6S. The number of nitrogens with one attached hydrogen (secondary N) is 3. The van der Waals surface area contributed by atoms with Gasteiger partial charge in [-0.3, -0.25) is 19.0 Å². The first kappa shape index (κ1) is 39.0. The summed E-state index contributed by atoms with van der Waals surface area (Å²) in [5.74, 6) is -4.00. The van der Waals surface area contributed by atoms with Gasteiger partial charge in [0, 0.05) is 38.7 Å². The number of amides is 3. The Hall–Kier alpha value is -4.71. The number of carbonyl (C=O) groups is 3. The van der Waals surface area contributed by atoms with Crippen LogP contribution in [0.3, 0.4) is 0 Å². The summed E-state index contributed by atoms with van der Waals surface area (Å²) in [5, 5.41) is 5.58. The van der Waals surface area contributed by atoms with Crippen molar-refractivity contribution in [3.63, 3.8) is 0 Å². The van der Waals surface area contributed by atoms with Crippen LogP contribution >= 0.6 is 0 Å². The maximum atomic E-state index is 14.5. The number of para-hydroxylation sites is 2. The maximum Gasteiger partial charge on any atom is 0.416 e. The van der Waals surface area contributed by atoms with Crippen molar-refractivity contribution in [2.24, 2.45) is 5.92 Å². The molecule has 2 fully saturated rings. The zero-order chi connectivity index (χ0) is 39.0. The molecule has 2 aliphatic heterocycles. The highest BCUT2D eigenvalue weighted by Crippen LogP contribution is 2.46. The van der Waals surface area contributed by atoms with Crippen LogP contribution in [0, 0.1) is 11.7 Å². The second-order valence-electron chi connectivity index (χ2n) is 14.1. The van der Waals surface area contributed by atoms with Crippen molar-refractivity contribution in [3.05, 3.63) is 66.0 Å². The molecule has 54 heavy (non-hydrogen) atoms. The molecule has 6 rings (SSSR count). The van der Waals surface area contributed by atoms with Gasteiger partial charge in [0.15, 0.2) is 0 Å². The number of allylic oxidation sites excluding steroid dienone is 1. The first-order chi connectivity index (χ1) is 25.5. The van der Waals surface area contributed by atoms with Crippen LogP contribution in [0.5, 0.6) is 6.01 Å². The Morgan fingerprint density at radius 3 is 2.61 bits per heavy atom. The summed E-state index contributed by atoms with van der Waals surface area (Å²) in [6.07, 6.45) is 0.557. The largest absolute Gasteiger partial charge is 0.459 e. The van der Waals surface area contributed by atoms with Gasteiger partial charge in [0.05, 0.1) is 23.1 Å². The van der Waals surface area contributed by atoms with Crippen molar-refractivity contribution in [3.8, 4) is 6.01 Å². The van der Waals surface area contributed by atoms with Crippen molar-refractivity contribution in [2.45, 2.75) is 88.3 Å². The van der Waals surface area contributed by atoms with Gasteiger partial charge in [-0.25, -0.2) is 9.11 Å². The Labute approximate surface area is 310 Å². The van der Waals surface area contributed by atoms with Crippen LogP contribution in [0.4, 0.5) is 23.2 Å². The summed E-state index contributed by atoms with van der Waals surface area (Å²) in [5.41, 5.74) is -1.64. The lowest BCUT2D eigenvalue weighted by Crippen LogP contribution is -2.58. The van der Waals surface area contributed by atoms with Crippen LogP contribution in [-0.4, -0.2) is 89.3 Å². The highest BCUT2D eigenvalue weighted by atomic mass is 32.2. The number of imidazole rings is 1. The summed E-state index contributed by atoms with van der Waals surface area (Å²) in [6, 6.07) is 7.19. The molecule has 18 heteroatoms. The van der Waals surface area contributed by atoms with E-state index < -0.39 is 75.1 Å². The molecule has 1 aromatic heterocycles. The number of nitrogens with zero attached hydrogens (tertiary/aromatic N) is 4. The fourth-order valence-electron chi connectivity index (χ4n) is 7.10. The molecule has 292 valence electrons. The molecule has 5 atom stereocenters. The Kier molecular flexibility index (Phi) is 11.0. The second kappa shape index (κ2) is 15.2. The van der Waals surface area contributed by atoms with E-state index in [0.29, 0.717) is 43.8 Å². The topological polar surface area (TPSA) is 155 Å². The van der Waals surface area contributed by atoms with Crippen LogP contribution in [0.15, 0.2) is 54.6 Å². The van der Waals surface area contributed by atoms with Crippen molar-refractivity contribution in [1.29, 1.82) is 0 Å². The number of ether oxygens (including phenoxy) is 1. The molecule has 0 radical (unpaired) electrons. The number of alkyl halides is 3. The minimum atomic E-state index is -4.84. The third-order valence-electron chi connectivity index (χ3n) is 10.1. The molecule has 1 saturated heterocycles. The van der Waals surface area contributed by atoms with Crippen LogP contribution < -0.4 is 20.1 Å². The summed E-state index contributed by atoms with van der Waals surface area (Å²) >= 11 is 0. The molecule has 1 saturated carbocycles. The van der Waals surface area contributed by atoms with E-state index >= 15 is 0 Å². The molecule has 3 aromatic rings. The standard InChI is InChI=1S/C36H43F4N7O6S/c1-4-46-29-15-11-10-13-27(29)42-34(46)53-26-19-30-31(48)43-35(33(50)44-54(51,52)45(2)3)20-22(35)12-8-6-5-7-9-14-28(32(49)47(30)21-26)41-25-17-23(36(38,39)40)16-24(37)18-25/h8,10-13,15-18,22,26,28,30,41H,4-7,9,14,19-21H2,1-3H3,(H,43,48)(H,44,50)/b12-8-/t22-,26-,28+,30+,35-/m1/s1. The number of anilines is 1. The lowest BCUT2D eigenvalue weighted by atomic mass is 10.0. The molecule has 2 aromatic carbocycles. The van der Waals surface area contributed by atoms with Gasteiger partial charge in [-0.05, 0) is 62.9 Å². The molecular weight excluding hydrogens is 734 g/mol. The number of carbonyl (C=O) groups excluding carboxylic acids is 3. The van der Waals surface area contributed by atoms with Gasteiger partial charge in [0.2, 0.25) is 11.8 Å². The Morgan fingerprint density at radius 2 is 1.89 bits per heavy atom. The number of halogens is 4. The number of rotatable bonds is 8. The Bertz CT molecular complexity index is 2060. The zero-order valence-electron chi connectivity index (χ0n) is 30.0. The smallest absolute Gasteiger partial charge is 0.416 e. The summed E-state index contributed by atoms with van der Waals surface area (Å²) in [6.45, 7) is 2.28. The van der Waals surface area contributed by atoms with Crippen LogP contribution in [0.2, 0.25) is 0 Å². The number of benzene rings is 2. The van der Waals surface area contributed by atoms with E-state index in [0.717, 1.165) is 22.0 Å². The van der Waals surface area contributed by atoms with E-state index in [4.69, 9.17) is 4.74 Å². The zero-order valence-corrected chi connectivity index (χ0v) is 30.8. The molecule has 1 aliphatic carbocycles.